The van der Waals surface area contributed by atoms with Crippen LogP contribution in [0.1, 0.15) is 41.6 Å². The number of aliphatic hydroxyl groups is 1. The number of hydrogen-bond donors (Lipinski definition) is 3. The number of hydrogen-bond acceptors (Lipinski definition) is 7. The van der Waals surface area contributed by atoms with E-state index < -0.39 is 6.29 Å². The first-order valence-corrected chi connectivity index (χ1v) is 16.0. The Hall–Kier alpha value is -3.73. The molecule has 43 heavy (non-hydrogen) atoms. The average Bonchev–Trinajstić information content (AvgIpc) is 3.47. The number of carbonyl (C=O) groups excluding carboxylic acids is 1. The molecule has 9 heteroatoms. The van der Waals surface area contributed by atoms with Gasteiger partial charge in [-0.1, -0.05) is 97.5 Å². The molecule has 3 N–H and O–H groups in total. The molecule has 7 nitrogen and oxygen atoms in total. The fourth-order valence-electron chi connectivity index (χ4n) is 5.09. The predicted molar refractivity (Wildman–Crippen MR) is 172 cm³/mol. The van der Waals surface area contributed by atoms with Crippen LogP contribution in [0.15, 0.2) is 107 Å². The molecule has 1 aliphatic rings. The zero-order valence-electron chi connectivity index (χ0n) is 23.7. The Morgan fingerprint density at radius 3 is 2.49 bits per heavy atom. The minimum absolute atomic E-state index is 0.00670. The van der Waals surface area contributed by atoms with Gasteiger partial charge in [-0.3, -0.25) is 0 Å². The normalized spacial score (nSPS) is 20.1. The van der Waals surface area contributed by atoms with Crippen molar-refractivity contribution in [1.82, 2.24) is 10.3 Å². The van der Waals surface area contributed by atoms with Crippen LogP contribution in [0.5, 0.6) is 0 Å². The van der Waals surface area contributed by atoms with E-state index in [0.717, 1.165) is 32.1 Å². The zero-order valence-corrected chi connectivity index (χ0v) is 25.3. The summed E-state index contributed by atoms with van der Waals surface area (Å²) in [5, 5.41) is 15.4. The number of fused-ring (bicyclic) bond motifs is 1. The summed E-state index contributed by atoms with van der Waals surface area (Å²) in [5.41, 5.74) is 5.39. The Balaban J connectivity index is 1.19. The number of thioether (sulfide) groups is 1. The highest BCUT2D eigenvalue weighted by Gasteiger charge is 2.38. The zero-order chi connectivity index (χ0) is 29.6. The third-order valence-corrected chi connectivity index (χ3v) is 9.75. The molecule has 6 rings (SSSR count). The molecule has 1 saturated heterocycles. The highest BCUT2D eigenvalue weighted by atomic mass is 32.2. The van der Waals surface area contributed by atoms with Crippen molar-refractivity contribution < 1.29 is 19.4 Å². The van der Waals surface area contributed by atoms with Crippen LogP contribution >= 0.6 is 23.1 Å². The molecule has 4 aromatic carbocycles. The topological polar surface area (TPSA) is 92.7 Å². The molecule has 1 aromatic heterocycles. The quantitative estimate of drug-likeness (QED) is 0.148. The van der Waals surface area contributed by atoms with Gasteiger partial charge in [-0.2, -0.15) is 0 Å². The molecule has 0 aliphatic carbocycles. The summed E-state index contributed by atoms with van der Waals surface area (Å²) in [6, 6.07) is 33.2. The molecule has 4 atom stereocenters. The van der Waals surface area contributed by atoms with Gasteiger partial charge in [-0.05, 0) is 41.0 Å². The molecule has 5 aromatic rings. The van der Waals surface area contributed by atoms with Crippen molar-refractivity contribution in [3.63, 3.8) is 0 Å². The van der Waals surface area contributed by atoms with Gasteiger partial charge in [0.1, 0.15) is 0 Å². The molecular weight excluding hydrogens is 579 g/mol. The monoisotopic (exact) mass is 611 g/mol. The largest absolute Gasteiger partial charge is 0.392 e. The van der Waals surface area contributed by atoms with Crippen molar-refractivity contribution >= 4 is 45.0 Å². The number of aliphatic hydroxyl groups excluding tert-OH is 1. The number of urea groups is 1. The third kappa shape index (κ3) is 7.26. The SMILES string of the molecule is CC1C(CSc2nc3ccccc3s2)OC(c2cccc(NC(=O)NCc3ccccc3)c2)OC1c1ccc(CO)cc1. The summed E-state index contributed by atoms with van der Waals surface area (Å²) in [6.07, 6.45) is -0.976. The summed E-state index contributed by atoms with van der Waals surface area (Å²) >= 11 is 3.39. The highest BCUT2D eigenvalue weighted by molar-refractivity contribution is 8.01. The molecule has 0 radical (unpaired) electrons. The Morgan fingerprint density at radius 2 is 1.70 bits per heavy atom. The van der Waals surface area contributed by atoms with Gasteiger partial charge in [0.05, 0.1) is 29.0 Å². The second-order valence-electron chi connectivity index (χ2n) is 10.5. The van der Waals surface area contributed by atoms with Crippen LogP contribution in [0.4, 0.5) is 10.5 Å². The molecular formula is C34H33N3O4S2. The van der Waals surface area contributed by atoms with Gasteiger partial charge in [0.2, 0.25) is 0 Å². The lowest BCUT2D eigenvalue weighted by atomic mass is 9.91. The molecule has 1 fully saturated rings. The summed E-state index contributed by atoms with van der Waals surface area (Å²) < 4.78 is 15.4. The van der Waals surface area contributed by atoms with Crippen LogP contribution in [0.3, 0.4) is 0 Å². The molecule has 220 valence electrons. The second kappa shape index (κ2) is 13.7. The number of nitrogens with zero attached hydrogens (tertiary/aromatic N) is 1. The van der Waals surface area contributed by atoms with Crippen LogP contribution in [0.2, 0.25) is 0 Å². The molecule has 0 saturated carbocycles. The number of anilines is 1. The fourth-order valence-corrected chi connectivity index (χ4v) is 7.35. The number of aromatic nitrogens is 1. The standard InChI is InChI=1S/C34H33N3O4S2/c1-22-29(21-42-34-37-28-12-5-6-13-30(28)43-34)40-32(41-31(22)25-16-14-24(20-38)15-17-25)26-10-7-11-27(18-26)36-33(39)35-19-23-8-3-2-4-9-23/h2-18,22,29,31-32,38H,19-21H2,1H3,(H2,35,36,39). The van der Waals surface area contributed by atoms with E-state index in [1.54, 1.807) is 23.1 Å². The summed E-state index contributed by atoms with van der Waals surface area (Å²) in [7, 11) is 0. The molecule has 2 amide bonds. The lowest BCUT2D eigenvalue weighted by molar-refractivity contribution is -0.268. The first-order valence-electron chi connectivity index (χ1n) is 14.2. The summed E-state index contributed by atoms with van der Waals surface area (Å²) in [4.78, 5) is 17.4. The number of para-hydroxylation sites is 1. The minimum atomic E-state index is -0.631. The fraction of sp³-hybridized carbons (Fsp3) is 0.235. The maximum Gasteiger partial charge on any atom is 0.319 e. The molecule has 2 heterocycles. The van der Waals surface area contributed by atoms with Crippen molar-refractivity contribution in [2.24, 2.45) is 5.92 Å². The van der Waals surface area contributed by atoms with E-state index in [0.29, 0.717) is 18.0 Å². The van der Waals surface area contributed by atoms with Gasteiger partial charge in [0.25, 0.3) is 0 Å². The number of carbonyl (C=O) groups is 1. The van der Waals surface area contributed by atoms with Gasteiger partial charge >= 0.3 is 6.03 Å². The molecule has 0 spiro atoms. The van der Waals surface area contributed by atoms with Gasteiger partial charge in [0, 0.05) is 29.5 Å². The van der Waals surface area contributed by atoms with E-state index in [4.69, 9.17) is 14.5 Å². The van der Waals surface area contributed by atoms with E-state index in [1.165, 1.54) is 4.70 Å². The van der Waals surface area contributed by atoms with Crippen LogP contribution in [-0.2, 0) is 22.6 Å². The minimum Gasteiger partial charge on any atom is -0.392 e. The van der Waals surface area contributed by atoms with Crippen LogP contribution in [-0.4, -0.2) is 28.0 Å². The molecule has 4 unspecified atom stereocenters. The van der Waals surface area contributed by atoms with Crippen LogP contribution in [0, 0.1) is 5.92 Å². The van der Waals surface area contributed by atoms with E-state index >= 15 is 0 Å². The second-order valence-corrected chi connectivity index (χ2v) is 12.8. The maximum absolute atomic E-state index is 12.6. The first kappa shape index (κ1) is 29.3. The number of rotatable bonds is 9. The van der Waals surface area contributed by atoms with Crippen molar-refractivity contribution in [1.29, 1.82) is 0 Å². The number of benzene rings is 4. The van der Waals surface area contributed by atoms with E-state index in [1.807, 2.05) is 97.1 Å². The van der Waals surface area contributed by atoms with Crippen molar-refractivity contribution in [2.75, 3.05) is 11.1 Å². The number of ether oxygens (including phenoxy) is 2. The maximum atomic E-state index is 12.6. The lowest BCUT2D eigenvalue weighted by Crippen LogP contribution is -2.38. The Kier molecular flexibility index (Phi) is 9.36. The molecule has 0 bridgehead atoms. The average molecular weight is 612 g/mol. The Morgan fingerprint density at radius 1 is 0.907 bits per heavy atom. The van der Waals surface area contributed by atoms with Crippen LogP contribution < -0.4 is 10.6 Å². The van der Waals surface area contributed by atoms with Gasteiger partial charge < -0.3 is 25.2 Å². The number of thiazole rings is 1. The van der Waals surface area contributed by atoms with E-state index in [-0.39, 0.29) is 30.8 Å². The van der Waals surface area contributed by atoms with Crippen molar-refractivity contribution in [3.8, 4) is 0 Å². The lowest BCUT2D eigenvalue weighted by Gasteiger charge is -2.41. The van der Waals surface area contributed by atoms with Crippen molar-refractivity contribution in [3.05, 3.63) is 125 Å². The summed E-state index contributed by atoms with van der Waals surface area (Å²) in [6.45, 7) is 2.58. The summed E-state index contributed by atoms with van der Waals surface area (Å²) in [5.74, 6) is 0.773. The number of amides is 2. The Bertz CT molecular complexity index is 1630. The van der Waals surface area contributed by atoms with E-state index in [2.05, 4.69) is 23.6 Å². The Labute approximate surface area is 259 Å². The van der Waals surface area contributed by atoms with Gasteiger partial charge in [-0.15, -0.1) is 11.3 Å². The highest BCUT2D eigenvalue weighted by Crippen LogP contribution is 2.43. The first-order chi connectivity index (χ1) is 21.1. The predicted octanol–water partition coefficient (Wildman–Crippen LogP) is 7.69. The van der Waals surface area contributed by atoms with Crippen molar-refractivity contribution in [2.45, 2.75) is 42.9 Å². The third-order valence-electron chi connectivity index (χ3n) is 7.48. The van der Waals surface area contributed by atoms with E-state index in [9.17, 15) is 9.90 Å². The smallest absolute Gasteiger partial charge is 0.319 e. The van der Waals surface area contributed by atoms with Gasteiger partial charge in [-0.25, -0.2) is 9.78 Å². The van der Waals surface area contributed by atoms with Crippen LogP contribution in [0.25, 0.3) is 10.2 Å². The molecule has 1 aliphatic heterocycles. The van der Waals surface area contributed by atoms with Gasteiger partial charge in [0.15, 0.2) is 10.6 Å². The number of nitrogens with one attached hydrogen (secondary N) is 2.